The Morgan fingerprint density at radius 3 is 2.80 bits per heavy atom. The molecule has 0 saturated carbocycles. The zero-order valence-electron chi connectivity index (χ0n) is 8.93. The summed E-state index contributed by atoms with van der Waals surface area (Å²) in [6.07, 6.45) is 4.00. The van der Waals surface area contributed by atoms with E-state index in [-0.39, 0.29) is 5.41 Å². The fourth-order valence-electron chi connectivity index (χ4n) is 1.11. The Bertz CT molecular complexity index is 315. The number of halogens is 2. The first-order valence-electron chi connectivity index (χ1n) is 4.80. The molecule has 0 spiro atoms. The summed E-state index contributed by atoms with van der Waals surface area (Å²) in [7, 11) is 0. The van der Waals surface area contributed by atoms with Crippen LogP contribution in [-0.2, 0) is 0 Å². The van der Waals surface area contributed by atoms with Crippen LogP contribution in [0.4, 0.5) is 5.82 Å². The molecule has 0 aliphatic heterocycles. The van der Waals surface area contributed by atoms with Gasteiger partial charge in [0.05, 0.1) is 6.20 Å². The van der Waals surface area contributed by atoms with Gasteiger partial charge in [0.2, 0.25) is 0 Å². The Labute approximate surface area is 100 Å². The van der Waals surface area contributed by atoms with E-state index >= 15 is 0 Å². The minimum absolute atomic E-state index is 0.135. The lowest BCUT2D eigenvalue weighted by Gasteiger charge is -2.24. The van der Waals surface area contributed by atoms with E-state index in [0.29, 0.717) is 16.7 Å². The Kier molecular flexibility index (Phi) is 4.61. The minimum Gasteiger partial charge on any atom is -0.368 e. The van der Waals surface area contributed by atoms with Gasteiger partial charge in [-0.1, -0.05) is 25.4 Å². The number of nitrogens with zero attached hydrogens (tertiary/aromatic N) is 2. The predicted molar refractivity (Wildman–Crippen MR) is 64.6 cm³/mol. The largest absolute Gasteiger partial charge is 0.368 e. The van der Waals surface area contributed by atoms with Gasteiger partial charge in [-0.15, -0.1) is 11.6 Å². The summed E-state index contributed by atoms with van der Waals surface area (Å²) in [5.41, 5.74) is 0.135. The highest BCUT2D eigenvalue weighted by atomic mass is 35.5. The second kappa shape index (κ2) is 5.52. The van der Waals surface area contributed by atoms with Gasteiger partial charge in [-0.3, -0.25) is 0 Å². The van der Waals surface area contributed by atoms with Crippen molar-refractivity contribution in [3.63, 3.8) is 0 Å². The molecule has 0 radical (unpaired) electrons. The number of alkyl halides is 1. The molecule has 0 bridgehead atoms. The zero-order chi connectivity index (χ0) is 11.3. The summed E-state index contributed by atoms with van der Waals surface area (Å²) in [5, 5.41) is 3.74. The second-order valence-corrected chi connectivity index (χ2v) is 4.96. The Balaban J connectivity index is 2.53. The van der Waals surface area contributed by atoms with Crippen LogP contribution in [0.1, 0.15) is 20.3 Å². The summed E-state index contributed by atoms with van der Waals surface area (Å²) in [5.74, 6) is 1.33. The SMILES string of the molecule is CC(C)(CCCl)CNc1ncncc1Cl. The summed E-state index contributed by atoms with van der Waals surface area (Å²) >= 11 is 11.6. The van der Waals surface area contributed by atoms with Crippen molar-refractivity contribution < 1.29 is 0 Å². The van der Waals surface area contributed by atoms with E-state index in [2.05, 4.69) is 29.1 Å². The number of aromatic nitrogens is 2. The Morgan fingerprint density at radius 2 is 2.20 bits per heavy atom. The molecule has 5 heteroatoms. The van der Waals surface area contributed by atoms with Crippen molar-refractivity contribution in [3.8, 4) is 0 Å². The zero-order valence-corrected chi connectivity index (χ0v) is 10.4. The van der Waals surface area contributed by atoms with Gasteiger partial charge in [0.1, 0.15) is 17.2 Å². The van der Waals surface area contributed by atoms with Crippen LogP contribution in [0.15, 0.2) is 12.5 Å². The number of hydrogen-bond donors (Lipinski definition) is 1. The van der Waals surface area contributed by atoms with Crippen LogP contribution < -0.4 is 5.32 Å². The van der Waals surface area contributed by atoms with Gasteiger partial charge in [-0.05, 0) is 11.8 Å². The van der Waals surface area contributed by atoms with Crippen LogP contribution in [0.2, 0.25) is 5.02 Å². The molecule has 15 heavy (non-hydrogen) atoms. The second-order valence-electron chi connectivity index (χ2n) is 4.18. The van der Waals surface area contributed by atoms with E-state index in [1.807, 2.05) is 0 Å². The Morgan fingerprint density at radius 1 is 1.47 bits per heavy atom. The van der Waals surface area contributed by atoms with Crippen LogP contribution in [0.5, 0.6) is 0 Å². The number of anilines is 1. The van der Waals surface area contributed by atoms with Crippen molar-refractivity contribution in [3.05, 3.63) is 17.5 Å². The van der Waals surface area contributed by atoms with Crippen LogP contribution in [0, 0.1) is 5.41 Å². The molecular weight excluding hydrogens is 233 g/mol. The maximum atomic E-state index is 5.92. The molecule has 0 aromatic carbocycles. The van der Waals surface area contributed by atoms with E-state index < -0.39 is 0 Å². The first kappa shape index (κ1) is 12.5. The predicted octanol–water partition coefficient (Wildman–Crippen LogP) is 3.20. The molecule has 0 aliphatic rings. The number of nitrogens with one attached hydrogen (secondary N) is 1. The molecule has 1 heterocycles. The minimum atomic E-state index is 0.135. The first-order chi connectivity index (χ1) is 7.05. The van der Waals surface area contributed by atoms with Crippen molar-refractivity contribution in [2.75, 3.05) is 17.7 Å². The quantitative estimate of drug-likeness (QED) is 0.813. The molecule has 1 N–H and O–H groups in total. The summed E-state index contributed by atoms with van der Waals surface area (Å²) in [6.45, 7) is 5.09. The van der Waals surface area contributed by atoms with Gasteiger partial charge in [-0.25, -0.2) is 9.97 Å². The standard InChI is InChI=1S/C10H15Cl2N3/c1-10(2,3-4-11)6-14-9-8(12)5-13-7-15-9/h5,7H,3-4,6H2,1-2H3,(H,13,14,15). The molecular formula is C10H15Cl2N3. The van der Waals surface area contributed by atoms with E-state index in [9.17, 15) is 0 Å². The summed E-state index contributed by atoms with van der Waals surface area (Å²) in [6, 6.07) is 0. The smallest absolute Gasteiger partial charge is 0.148 e. The van der Waals surface area contributed by atoms with Crippen molar-refractivity contribution in [2.24, 2.45) is 5.41 Å². The maximum absolute atomic E-state index is 5.92. The number of hydrogen-bond acceptors (Lipinski definition) is 3. The monoisotopic (exact) mass is 247 g/mol. The van der Waals surface area contributed by atoms with E-state index in [1.54, 1.807) is 6.20 Å². The fraction of sp³-hybridized carbons (Fsp3) is 0.600. The topological polar surface area (TPSA) is 37.8 Å². The Hall–Kier alpha value is -0.540. The van der Waals surface area contributed by atoms with Gasteiger partial charge in [0.15, 0.2) is 0 Å². The van der Waals surface area contributed by atoms with Gasteiger partial charge in [0, 0.05) is 12.4 Å². The highest BCUT2D eigenvalue weighted by molar-refractivity contribution is 6.32. The van der Waals surface area contributed by atoms with E-state index in [0.717, 1.165) is 13.0 Å². The maximum Gasteiger partial charge on any atom is 0.148 e. The van der Waals surface area contributed by atoms with Gasteiger partial charge in [0.25, 0.3) is 0 Å². The normalized spacial score (nSPS) is 11.5. The van der Waals surface area contributed by atoms with Gasteiger partial charge < -0.3 is 5.32 Å². The van der Waals surface area contributed by atoms with Gasteiger partial charge >= 0.3 is 0 Å². The molecule has 1 aromatic rings. The van der Waals surface area contributed by atoms with Crippen molar-refractivity contribution in [1.29, 1.82) is 0 Å². The number of rotatable bonds is 5. The molecule has 3 nitrogen and oxygen atoms in total. The van der Waals surface area contributed by atoms with Crippen LogP contribution in [0.3, 0.4) is 0 Å². The lowest BCUT2D eigenvalue weighted by Crippen LogP contribution is -2.24. The van der Waals surface area contributed by atoms with Gasteiger partial charge in [-0.2, -0.15) is 0 Å². The van der Waals surface area contributed by atoms with Crippen molar-refractivity contribution in [2.45, 2.75) is 20.3 Å². The van der Waals surface area contributed by atoms with Crippen LogP contribution >= 0.6 is 23.2 Å². The molecule has 1 rings (SSSR count). The third-order valence-corrected chi connectivity index (χ3v) is 2.64. The molecule has 0 fully saturated rings. The lowest BCUT2D eigenvalue weighted by atomic mass is 9.90. The van der Waals surface area contributed by atoms with E-state index in [4.69, 9.17) is 23.2 Å². The fourth-order valence-corrected chi connectivity index (χ4v) is 1.79. The summed E-state index contributed by atoms with van der Waals surface area (Å²) < 4.78 is 0. The molecule has 0 saturated heterocycles. The third-order valence-electron chi connectivity index (χ3n) is 2.17. The highest BCUT2D eigenvalue weighted by Crippen LogP contribution is 2.23. The van der Waals surface area contributed by atoms with E-state index in [1.165, 1.54) is 6.33 Å². The molecule has 0 amide bonds. The molecule has 0 unspecified atom stereocenters. The lowest BCUT2D eigenvalue weighted by molar-refractivity contribution is 0.379. The molecule has 0 aliphatic carbocycles. The van der Waals surface area contributed by atoms with Crippen LogP contribution in [-0.4, -0.2) is 22.4 Å². The first-order valence-corrected chi connectivity index (χ1v) is 5.72. The average molecular weight is 248 g/mol. The molecule has 84 valence electrons. The average Bonchev–Trinajstić information content (AvgIpc) is 2.16. The van der Waals surface area contributed by atoms with Crippen molar-refractivity contribution in [1.82, 2.24) is 9.97 Å². The molecule has 1 aromatic heterocycles. The summed E-state index contributed by atoms with van der Waals surface area (Å²) in [4.78, 5) is 7.88. The van der Waals surface area contributed by atoms with Crippen LogP contribution in [0.25, 0.3) is 0 Å². The third kappa shape index (κ3) is 4.22. The van der Waals surface area contributed by atoms with Crippen molar-refractivity contribution >= 4 is 29.0 Å². The highest BCUT2D eigenvalue weighted by Gasteiger charge is 2.17. The molecule has 0 atom stereocenters.